The standard InChI is InChI=1S/C21H17FN2O4/c1-3-28-21(27)17(12(2)25)18-13-8-4-5-9-14(13)19(23-18)24-20(26)15-10-6-7-11-16(15)22/h4-11,25H,3H2,1-2H3. The molecule has 0 aromatic heterocycles. The molecule has 1 amide bonds. The van der Waals surface area contributed by atoms with Crippen molar-refractivity contribution in [2.75, 3.05) is 6.61 Å². The zero-order valence-electron chi connectivity index (χ0n) is 15.3. The molecule has 142 valence electrons. The van der Waals surface area contributed by atoms with Crippen LogP contribution >= 0.6 is 0 Å². The number of amidine groups is 1. The molecular formula is C21H17FN2O4. The Morgan fingerprint density at radius 2 is 1.75 bits per heavy atom. The Balaban J connectivity index is 2.11. The summed E-state index contributed by atoms with van der Waals surface area (Å²) in [6, 6.07) is 12.3. The number of amides is 1. The summed E-state index contributed by atoms with van der Waals surface area (Å²) >= 11 is 0. The van der Waals surface area contributed by atoms with Crippen LogP contribution in [0.1, 0.15) is 35.3 Å². The summed E-state index contributed by atoms with van der Waals surface area (Å²) in [6.07, 6.45) is 0. The minimum Gasteiger partial charge on any atom is -0.512 e. The van der Waals surface area contributed by atoms with Gasteiger partial charge in [-0.05, 0) is 26.0 Å². The lowest BCUT2D eigenvalue weighted by Gasteiger charge is -2.08. The quantitative estimate of drug-likeness (QED) is 0.499. The molecule has 0 radical (unpaired) electrons. The molecule has 0 bridgehead atoms. The molecule has 0 unspecified atom stereocenters. The van der Waals surface area contributed by atoms with Gasteiger partial charge in [0, 0.05) is 11.1 Å². The van der Waals surface area contributed by atoms with Crippen LogP contribution in [0.25, 0.3) is 0 Å². The van der Waals surface area contributed by atoms with E-state index in [9.17, 15) is 19.1 Å². The predicted octanol–water partition coefficient (Wildman–Crippen LogP) is 3.61. The molecule has 1 aliphatic rings. The van der Waals surface area contributed by atoms with Crippen LogP contribution < -0.4 is 0 Å². The fraction of sp³-hybridized carbons (Fsp3) is 0.143. The van der Waals surface area contributed by atoms with Crippen molar-refractivity contribution < 1.29 is 23.8 Å². The first kappa shape index (κ1) is 19.2. The number of aliphatic hydroxyl groups excluding tert-OH is 1. The Labute approximate surface area is 160 Å². The first-order chi connectivity index (χ1) is 13.4. The number of carbonyl (C=O) groups is 2. The first-order valence-corrected chi connectivity index (χ1v) is 8.57. The van der Waals surface area contributed by atoms with Gasteiger partial charge >= 0.3 is 5.97 Å². The minimum atomic E-state index is -0.796. The highest BCUT2D eigenvalue weighted by Gasteiger charge is 2.30. The maximum atomic E-state index is 13.9. The lowest BCUT2D eigenvalue weighted by molar-refractivity contribution is -0.138. The molecule has 6 nitrogen and oxygen atoms in total. The SMILES string of the molecule is CCOC(=O)C(C1=NC(=NC(=O)c2ccccc2F)c2ccccc21)=C(C)O. The number of esters is 1. The number of aliphatic hydroxyl groups is 1. The van der Waals surface area contributed by atoms with Crippen molar-refractivity contribution in [2.45, 2.75) is 13.8 Å². The number of nitrogens with zero attached hydrogens (tertiary/aromatic N) is 2. The van der Waals surface area contributed by atoms with Crippen molar-refractivity contribution in [1.82, 2.24) is 0 Å². The number of benzene rings is 2. The Hall–Kier alpha value is -3.61. The van der Waals surface area contributed by atoms with Crippen LogP contribution in [-0.2, 0) is 9.53 Å². The molecule has 1 N–H and O–H groups in total. The average molecular weight is 380 g/mol. The van der Waals surface area contributed by atoms with Crippen LogP contribution in [0.3, 0.4) is 0 Å². The number of rotatable bonds is 4. The molecule has 0 spiro atoms. The number of fused-ring (bicyclic) bond motifs is 1. The van der Waals surface area contributed by atoms with Crippen molar-refractivity contribution in [1.29, 1.82) is 0 Å². The molecule has 1 aliphatic heterocycles. The normalized spacial score (nSPS) is 15.0. The zero-order chi connectivity index (χ0) is 20.3. The molecule has 0 atom stereocenters. The van der Waals surface area contributed by atoms with E-state index in [1.54, 1.807) is 31.2 Å². The van der Waals surface area contributed by atoms with Crippen LogP contribution in [0, 0.1) is 5.82 Å². The van der Waals surface area contributed by atoms with E-state index in [4.69, 9.17) is 4.74 Å². The molecule has 7 heteroatoms. The van der Waals surface area contributed by atoms with E-state index in [0.29, 0.717) is 11.1 Å². The molecule has 0 saturated heterocycles. The van der Waals surface area contributed by atoms with Gasteiger partial charge in [0.15, 0.2) is 5.84 Å². The van der Waals surface area contributed by atoms with E-state index in [1.165, 1.54) is 31.2 Å². The molecule has 28 heavy (non-hydrogen) atoms. The fourth-order valence-electron chi connectivity index (χ4n) is 2.80. The van der Waals surface area contributed by atoms with Gasteiger partial charge in [0.1, 0.15) is 17.1 Å². The van der Waals surface area contributed by atoms with Gasteiger partial charge in [0.25, 0.3) is 5.91 Å². The number of ether oxygens (including phenoxy) is 1. The van der Waals surface area contributed by atoms with E-state index >= 15 is 0 Å². The van der Waals surface area contributed by atoms with Crippen molar-refractivity contribution in [3.8, 4) is 0 Å². The third-order valence-electron chi connectivity index (χ3n) is 4.03. The van der Waals surface area contributed by atoms with Crippen LogP contribution in [0.2, 0.25) is 0 Å². The Kier molecular flexibility index (Phi) is 5.44. The first-order valence-electron chi connectivity index (χ1n) is 8.57. The van der Waals surface area contributed by atoms with Gasteiger partial charge in [-0.3, -0.25) is 4.79 Å². The van der Waals surface area contributed by atoms with Crippen molar-refractivity contribution in [3.63, 3.8) is 0 Å². The van der Waals surface area contributed by atoms with E-state index in [1.807, 2.05) is 0 Å². The summed E-state index contributed by atoms with van der Waals surface area (Å²) in [5, 5.41) is 10.0. The van der Waals surface area contributed by atoms with Gasteiger partial charge < -0.3 is 9.84 Å². The molecule has 1 heterocycles. The second-order valence-corrected chi connectivity index (χ2v) is 5.91. The topological polar surface area (TPSA) is 88.3 Å². The zero-order valence-corrected chi connectivity index (χ0v) is 15.3. The van der Waals surface area contributed by atoms with E-state index < -0.39 is 17.7 Å². The highest BCUT2D eigenvalue weighted by Crippen LogP contribution is 2.26. The molecule has 2 aromatic carbocycles. The van der Waals surface area contributed by atoms with Crippen molar-refractivity contribution in [3.05, 3.63) is 82.4 Å². The molecule has 0 saturated carbocycles. The highest BCUT2D eigenvalue weighted by atomic mass is 19.1. The number of halogens is 1. The number of hydrogen-bond acceptors (Lipinski definition) is 4. The van der Waals surface area contributed by atoms with E-state index in [-0.39, 0.29) is 35.0 Å². The second-order valence-electron chi connectivity index (χ2n) is 5.91. The monoisotopic (exact) mass is 380 g/mol. The molecule has 0 aliphatic carbocycles. The summed E-state index contributed by atoms with van der Waals surface area (Å²) in [6.45, 7) is 3.11. The number of aliphatic imine (C=N–C) groups is 2. The third kappa shape index (κ3) is 3.59. The number of allylic oxidation sites excluding steroid dienone is 1. The van der Waals surface area contributed by atoms with Crippen molar-refractivity contribution in [2.24, 2.45) is 9.98 Å². The Bertz CT molecular complexity index is 1050. The Morgan fingerprint density at radius 3 is 2.39 bits per heavy atom. The largest absolute Gasteiger partial charge is 0.512 e. The molecule has 3 rings (SSSR count). The highest BCUT2D eigenvalue weighted by molar-refractivity contribution is 6.36. The van der Waals surface area contributed by atoms with Gasteiger partial charge in [0.2, 0.25) is 0 Å². The average Bonchev–Trinajstić information content (AvgIpc) is 3.00. The lowest BCUT2D eigenvalue weighted by atomic mass is 9.99. The number of carbonyl (C=O) groups excluding carboxylic acids is 2. The van der Waals surface area contributed by atoms with Gasteiger partial charge in [0.05, 0.1) is 17.9 Å². The summed E-state index contributed by atoms with van der Waals surface area (Å²) < 4.78 is 18.9. The fourth-order valence-corrected chi connectivity index (χ4v) is 2.80. The van der Waals surface area contributed by atoms with E-state index in [2.05, 4.69) is 9.98 Å². The molecular weight excluding hydrogens is 363 g/mol. The van der Waals surface area contributed by atoms with Crippen LogP contribution in [0.4, 0.5) is 4.39 Å². The minimum absolute atomic E-state index is 0.0295. The smallest absolute Gasteiger partial charge is 0.343 e. The molecule has 0 fully saturated rings. The molecule has 2 aromatic rings. The summed E-state index contributed by atoms with van der Waals surface area (Å²) in [5.74, 6) is -2.46. The second kappa shape index (κ2) is 7.96. The summed E-state index contributed by atoms with van der Waals surface area (Å²) in [4.78, 5) is 32.9. The van der Waals surface area contributed by atoms with Crippen molar-refractivity contribution >= 4 is 23.4 Å². The van der Waals surface area contributed by atoms with Crippen LogP contribution in [0.15, 0.2) is 69.8 Å². The van der Waals surface area contributed by atoms with Crippen LogP contribution in [-0.4, -0.2) is 35.1 Å². The summed E-state index contributed by atoms with van der Waals surface area (Å²) in [5.41, 5.74) is 0.854. The maximum Gasteiger partial charge on any atom is 0.343 e. The third-order valence-corrected chi connectivity index (χ3v) is 4.03. The Morgan fingerprint density at radius 1 is 1.11 bits per heavy atom. The summed E-state index contributed by atoms with van der Waals surface area (Å²) in [7, 11) is 0. The van der Waals surface area contributed by atoms with Gasteiger partial charge in [-0.2, -0.15) is 4.99 Å². The predicted molar refractivity (Wildman–Crippen MR) is 102 cm³/mol. The van der Waals surface area contributed by atoms with Gasteiger partial charge in [-0.15, -0.1) is 0 Å². The van der Waals surface area contributed by atoms with Gasteiger partial charge in [-0.25, -0.2) is 14.2 Å². The van der Waals surface area contributed by atoms with E-state index in [0.717, 1.165) is 0 Å². The van der Waals surface area contributed by atoms with Crippen LogP contribution in [0.5, 0.6) is 0 Å². The lowest BCUT2D eigenvalue weighted by Crippen LogP contribution is -2.18. The number of hydrogen-bond donors (Lipinski definition) is 1. The maximum absolute atomic E-state index is 13.9. The van der Waals surface area contributed by atoms with Gasteiger partial charge in [-0.1, -0.05) is 36.4 Å².